The Morgan fingerprint density at radius 1 is 1.26 bits per heavy atom. The van der Waals surface area contributed by atoms with Crippen LogP contribution in [0.25, 0.3) is 0 Å². The first-order valence-electron chi connectivity index (χ1n) is 6.13. The van der Waals surface area contributed by atoms with Crippen LogP contribution in [0, 0.1) is 0 Å². The number of ether oxygens (including phenoxy) is 2. The molecule has 1 aromatic carbocycles. The highest BCUT2D eigenvalue weighted by molar-refractivity contribution is 5.56. The first kappa shape index (κ1) is 11.8. The van der Waals surface area contributed by atoms with E-state index in [2.05, 4.69) is 10.3 Å². The molecule has 3 rings (SSSR count). The van der Waals surface area contributed by atoms with Crippen LogP contribution in [0.3, 0.4) is 0 Å². The third kappa shape index (κ3) is 2.46. The van der Waals surface area contributed by atoms with E-state index in [-0.39, 0.29) is 12.8 Å². The van der Waals surface area contributed by atoms with Gasteiger partial charge in [0.25, 0.3) is 0 Å². The maximum absolute atomic E-state index is 5.82. The fourth-order valence-corrected chi connectivity index (χ4v) is 2.05. The van der Waals surface area contributed by atoms with E-state index in [4.69, 9.17) is 15.2 Å². The average Bonchev–Trinajstić information content (AvgIpc) is 2.93. The lowest BCUT2D eigenvalue weighted by Crippen LogP contribution is -2.20. The third-order valence-corrected chi connectivity index (χ3v) is 3.04. The molecular formula is C14H15N3O2. The standard InChI is InChI=1S/C14H15N3O2/c15-7-12(10-2-1-5-16-8-10)17-11-3-4-13-14(6-11)19-9-18-13/h1-6,8,12,17H,7,9,15H2. The lowest BCUT2D eigenvalue weighted by atomic mass is 10.1. The lowest BCUT2D eigenvalue weighted by Gasteiger charge is -2.18. The van der Waals surface area contributed by atoms with E-state index in [0.29, 0.717) is 6.54 Å². The second kappa shape index (κ2) is 5.16. The molecule has 1 unspecified atom stereocenters. The summed E-state index contributed by atoms with van der Waals surface area (Å²) in [5.74, 6) is 1.53. The van der Waals surface area contributed by atoms with Crippen molar-refractivity contribution in [2.75, 3.05) is 18.7 Å². The smallest absolute Gasteiger partial charge is 0.231 e. The summed E-state index contributed by atoms with van der Waals surface area (Å²) in [6.45, 7) is 0.766. The Bertz CT molecular complexity index is 560. The second-order valence-electron chi connectivity index (χ2n) is 4.29. The van der Waals surface area contributed by atoms with Gasteiger partial charge in [-0.1, -0.05) is 6.07 Å². The fraction of sp³-hybridized carbons (Fsp3) is 0.214. The van der Waals surface area contributed by atoms with Gasteiger partial charge in [-0.2, -0.15) is 0 Å². The second-order valence-corrected chi connectivity index (χ2v) is 4.29. The van der Waals surface area contributed by atoms with Gasteiger partial charge < -0.3 is 20.5 Å². The number of aromatic nitrogens is 1. The topological polar surface area (TPSA) is 69.4 Å². The number of nitrogens with zero attached hydrogens (tertiary/aromatic N) is 1. The molecular weight excluding hydrogens is 242 g/mol. The maximum Gasteiger partial charge on any atom is 0.231 e. The molecule has 1 aliphatic rings. The fourth-order valence-electron chi connectivity index (χ4n) is 2.05. The van der Waals surface area contributed by atoms with E-state index >= 15 is 0 Å². The highest BCUT2D eigenvalue weighted by atomic mass is 16.7. The van der Waals surface area contributed by atoms with Crippen molar-refractivity contribution in [2.45, 2.75) is 6.04 Å². The highest BCUT2D eigenvalue weighted by Crippen LogP contribution is 2.35. The summed E-state index contributed by atoms with van der Waals surface area (Å²) in [6, 6.07) is 9.69. The minimum atomic E-state index is 0.0223. The van der Waals surface area contributed by atoms with Crippen LogP contribution in [0.15, 0.2) is 42.7 Å². The number of nitrogens with one attached hydrogen (secondary N) is 1. The predicted molar refractivity (Wildman–Crippen MR) is 72.2 cm³/mol. The summed E-state index contributed by atoms with van der Waals surface area (Å²) < 4.78 is 10.6. The van der Waals surface area contributed by atoms with Crippen molar-refractivity contribution in [3.05, 3.63) is 48.3 Å². The van der Waals surface area contributed by atoms with Crippen molar-refractivity contribution in [1.82, 2.24) is 4.98 Å². The first-order valence-corrected chi connectivity index (χ1v) is 6.13. The molecule has 3 N–H and O–H groups in total. The van der Waals surface area contributed by atoms with Gasteiger partial charge in [0.1, 0.15) is 0 Å². The monoisotopic (exact) mass is 257 g/mol. The minimum absolute atomic E-state index is 0.0223. The van der Waals surface area contributed by atoms with E-state index in [1.165, 1.54) is 0 Å². The van der Waals surface area contributed by atoms with Crippen LogP contribution in [0.1, 0.15) is 11.6 Å². The highest BCUT2D eigenvalue weighted by Gasteiger charge is 2.15. The predicted octanol–water partition coefficient (Wildman–Crippen LogP) is 1.92. The summed E-state index contributed by atoms with van der Waals surface area (Å²) >= 11 is 0. The zero-order chi connectivity index (χ0) is 13.1. The van der Waals surface area contributed by atoms with Gasteiger partial charge in [0.05, 0.1) is 6.04 Å². The summed E-state index contributed by atoms with van der Waals surface area (Å²) in [7, 11) is 0. The number of hydrogen-bond donors (Lipinski definition) is 2. The Kier molecular flexibility index (Phi) is 3.20. The van der Waals surface area contributed by atoms with Crippen LogP contribution < -0.4 is 20.5 Å². The van der Waals surface area contributed by atoms with Crippen LogP contribution in [-0.4, -0.2) is 18.3 Å². The molecule has 0 radical (unpaired) electrons. The number of rotatable bonds is 4. The summed E-state index contributed by atoms with van der Waals surface area (Å²) in [6.07, 6.45) is 3.56. The SMILES string of the molecule is NCC(Nc1ccc2c(c1)OCO2)c1cccnc1. The Hall–Kier alpha value is -2.27. The lowest BCUT2D eigenvalue weighted by molar-refractivity contribution is 0.174. The van der Waals surface area contributed by atoms with Gasteiger partial charge in [-0.15, -0.1) is 0 Å². The maximum atomic E-state index is 5.82. The Morgan fingerprint density at radius 2 is 2.16 bits per heavy atom. The van der Waals surface area contributed by atoms with Crippen molar-refractivity contribution in [2.24, 2.45) is 5.73 Å². The Balaban J connectivity index is 1.80. The van der Waals surface area contributed by atoms with Crippen LogP contribution in [0.5, 0.6) is 11.5 Å². The minimum Gasteiger partial charge on any atom is -0.454 e. The van der Waals surface area contributed by atoms with Crippen molar-refractivity contribution >= 4 is 5.69 Å². The van der Waals surface area contributed by atoms with E-state index in [1.807, 2.05) is 36.5 Å². The molecule has 1 atom stereocenters. The molecule has 0 amide bonds. The number of anilines is 1. The molecule has 1 aliphatic heterocycles. The molecule has 5 heteroatoms. The van der Waals surface area contributed by atoms with Crippen molar-refractivity contribution < 1.29 is 9.47 Å². The van der Waals surface area contributed by atoms with Crippen LogP contribution in [0.2, 0.25) is 0 Å². The summed E-state index contributed by atoms with van der Waals surface area (Å²) in [4.78, 5) is 4.11. The van der Waals surface area contributed by atoms with Gasteiger partial charge >= 0.3 is 0 Å². The van der Waals surface area contributed by atoms with Gasteiger partial charge in [-0.25, -0.2) is 0 Å². The Labute approximate surface area is 111 Å². The van der Waals surface area contributed by atoms with Crippen molar-refractivity contribution in [3.8, 4) is 11.5 Å². The zero-order valence-corrected chi connectivity index (χ0v) is 10.4. The van der Waals surface area contributed by atoms with E-state index < -0.39 is 0 Å². The number of hydrogen-bond acceptors (Lipinski definition) is 5. The molecule has 1 aromatic heterocycles. The normalized spacial score (nSPS) is 14.2. The number of pyridine rings is 1. The molecule has 0 bridgehead atoms. The zero-order valence-electron chi connectivity index (χ0n) is 10.4. The molecule has 0 spiro atoms. The van der Waals surface area contributed by atoms with Gasteiger partial charge in [-0.3, -0.25) is 4.98 Å². The average molecular weight is 257 g/mol. The van der Waals surface area contributed by atoms with Crippen LogP contribution in [-0.2, 0) is 0 Å². The molecule has 19 heavy (non-hydrogen) atoms. The van der Waals surface area contributed by atoms with Crippen LogP contribution >= 0.6 is 0 Å². The van der Waals surface area contributed by atoms with Gasteiger partial charge in [-0.05, 0) is 23.8 Å². The van der Waals surface area contributed by atoms with E-state index in [9.17, 15) is 0 Å². The molecule has 2 heterocycles. The van der Waals surface area contributed by atoms with E-state index in [0.717, 1.165) is 22.7 Å². The number of benzene rings is 1. The summed E-state index contributed by atoms with van der Waals surface area (Å²) in [5, 5.41) is 3.37. The molecule has 0 saturated carbocycles. The van der Waals surface area contributed by atoms with Crippen LogP contribution in [0.4, 0.5) is 5.69 Å². The number of fused-ring (bicyclic) bond motifs is 1. The molecule has 0 aliphatic carbocycles. The molecule has 0 saturated heterocycles. The molecule has 5 nitrogen and oxygen atoms in total. The molecule has 0 fully saturated rings. The van der Waals surface area contributed by atoms with Crippen molar-refractivity contribution in [3.63, 3.8) is 0 Å². The summed E-state index contributed by atoms with van der Waals surface area (Å²) in [5.41, 5.74) is 7.82. The van der Waals surface area contributed by atoms with Gasteiger partial charge in [0.15, 0.2) is 11.5 Å². The van der Waals surface area contributed by atoms with Gasteiger partial charge in [0.2, 0.25) is 6.79 Å². The number of nitrogens with two attached hydrogens (primary N) is 1. The van der Waals surface area contributed by atoms with Crippen molar-refractivity contribution in [1.29, 1.82) is 0 Å². The van der Waals surface area contributed by atoms with E-state index in [1.54, 1.807) is 6.20 Å². The Morgan fingerprint density at radius 3 is 2.95 bits per heavy atom. The van der Waals surface area contributed by atoms with Gasteiger partial charge in [0, 0.05) is 30.7 Å². The molecule has 98 valence electrons. The first-order chi connectivity index (χ1) is 9.36. The molecule has 2 aromatic rings. The quantitative estimate of drug-likeness (QED) is 0.875. The largest absolute Gasteiger partial charge is 0.454 e. The third-order valence-electron chi connectivity index (χ3n) is 3.04.